The highest BCUT2D eigenvalue weighted by Crippen LogP contribution is 2.09. The van der Waals surface area contributed by atoms with E-state index in [0.29, 0.717) is 11.7 Å². The lowest BCUT2D eigenvalue weighted by molar-refractivity contribution is -0.137. The van der Waals surface area contributed by atoms with Crippen molar-refractivity contribution in [3.8, 4) is 0 Å². The van der Waals surface area contributed by atoms with Crippen molar-refractivity contribution < 1.29 is 14.7 Å². The summed E-state index contributed by atoms with van der Waals surface area (Å²) in [5.41, 5.74) is 0. The quantitative estimate of drug-likeness (QED) is 0.759. The molecule has 0 aliphatic carbocycles. The van der Waals surface area contributed by atoms with Crippen LogP contribution in [0, 0.1) is 0 Å². The van der Waals surface area contributed by atoms with Gasteiger partial charge in [0.2, 0.25) is 5.91 Å². The Labute approximate surface area is 96.9 Å². The number of anilines is 1. The van der Waals surface area contributed by atoms with Crippen LogP contribution in [0.3, 0.4) is 0 Å². The van der Waals surface area contributed by atoms with E-state index in [4.69, 9.17) is 5.11 Å². The van der Waals surface area contributed by atoms with Gasteiger partial charge >= 0.3 is 5.97 Å². The number of carboxylic acids is 1. The lowest BCUT2D eigenvalue weighted by atomic mass is 10.4. The molecule has 1 amide bonds. The molecule has 1 heterocycles. The first-order valence-electron chi connectivity index (χ1n) is 4.67. The first-order chi connectivity index (χ1) is 7.58. The molecule has 16 heavy (non-hydrogen) atoms. The maximum atomic E-state index is 11.4. The van der Waals surface area contributed by atoms with Gasteiger partial charge in [-0.3, -0.25) is 14.5 Å². The molecule has 0 bridgehead atoms. The van der Waals surface area contributed by atoms with Gasteiger partial charge in [-0.15, -0.1) is 11.3 Å². The normalized spacial score (nSPS) is 10.4. The predicted octanol–water partition coefficient (Wildman–Crippen LogP) is 0.488. The Hall–Kier alpha value is -1.47. The number of carboxylic acid groups (broad SMARTS) is 1. The fourth-order valence-electron chi connectivity index (χ4n) is 1.05. The van der Waals surface area contributed by atoms with Gasteiger partial charge in [0.1, 0.15) is 0 Å². The van der Waals surface area contributed by atoms with Crippen molar-refractivity contribution in [3.63, 3.8) is 0 Å². The second-order valence-electron chi connectivity index (χ2n) is 3.27. The SMILES string of the molecule is CN(CCC(=O)O)CC(=O)Nc1nccs1. The monoisotopic (exact) mass is 243 g/mol. The zero-order valence-electron chi connectivity index (χ0n) is 8.84. The van der Waals surface area contributed by atoms with Crippen molar-refractivity contribution >= 4 is 28.3 Å². The van der Waals surface area contributed by atoms with E-state index in [2.05, 4.69) is 10.3 Å². The van der Waals surface area contributed by atoms with Gasteiger partial charge in [0, 0.05) is 18.1 Å². The molecule has 1 aromatic heterocycles. The minimum absolute atomic E-state index is 0.0288. The molecule has 0 unspecified atom stereocenters. The summed E-state index contributed by atoms with van der Waals surface area (Å²) < 4.78 is 0. The van der Waals surface area contributed by atoms with Crippen molar-refractivity contribution in [2.45, 2.75) is 6.42 Å². The van der Waals surface area contributed by atoms with E-state index in [1.54, 1.807) is 23.5 Å². The Morgan fingerprint density at radius 3 is 2.94 bits per heavy atom. The van der Waals surface area contributed by atoms with Crippen molar-refractivity contribution in [1.29, 1.82) is 0 Å². The third-order valence-corrected chi connectivity index (χ3v) is 2.49. The summed E-state index contributed by atoms with van der Waals surface area (Å²) >= 11 is 1.34. The molecule has 2 N–H and O–H groups in total. The van der Waals surface area contributed by atoms with E-state index in [9.17, 15) is 9.59 Å². The Bertz CT molecular complexity index is 353. The summed E-state index contributed by atoms with van der Waals surface area (Å²) in [5.74, 6) is -1.06. The molecular formula is C9H13N3O3S. The van der Waals surface area contributed by atoms with Gasteiger partial charge in [0.25, 0.3) is 0 Å². The number of aromatic nitrogens is 1. The molecule has 0 aliphatic rings. The van der Waals surface area contributed by atoms with Crippen LogP contribution < -0.4 is 5.32 Å². The van der Waals surface area contributed by atoms with E-state index in [1.165, 1.54) is 11.3 Å². The number of hydrogen-bond donors (Lipinski definition) is 2. The molecule has 88 valence electrons. The van der Waals surface area contributed by atoms with Gasteiger partial charge in [-0.2, -0.15) is 0 Å². The standard InChI is InChI=1S/C9H13N3O3S/c1-12(4-2-8(14)15)6-7(13)11-9-10-3-5-16-9/h3,5H,2,4,6H2,1H3,(H,14,15)(H,10,11,13). The number of amides is 1. The Balaban J connectivity index is 2.25. The van der Waals surface area contributed by atoms with Crippen LogP contribution in [-0.2, 0) is 9.59 Å². The first-order valence-corrected chi connectivity index (χ1v) is 5.55. The second-order valence-corrected chi connectivity index (χ2v) is 4.16. The molecule has 0 saturated carbocycles. The molecule has 0 fully saturated rings. The van der Waals surface area contributed by atoms with Gasteiger partial charge < -0.3 is 10.4 Å². The number of hydrogen-bond acceptors (Lipinski definition) is 5. The van der Waals surface area contributed by atoms with Gasteiger partial charge in [-0.25, -0.2) is 4.98 Å². The minimum Gasteiger partial charge on any atom is -0.481 e. The van der Waals surface area contributed by atoms with Gasteiger partial charge in [-0.1, -0.05) is 0 Å². The fourth-order valence-corrected chi connectivity index (χ4v) is 1.60. The number of rotatable bonds is 6. The van der Waals surface area contributed by atoms with Crippen LogP contribution in [0.15, 0.2) is 11.6 Å². The van der Waals surface area contributed by atoms with Crippen LogP contribution in [0.1, 0.15) is 6.42 Å². The number of aliphatic carboxylic acids is 1. The van der Waals surface area contributed by atoms with Crippen LogP contribution in [0.25, 0.3) is 0 Å². The molecule has 1 aromatic rings. The zero-order valence-corrected chi connectivity index (χ0v) is 9.66. The fraction of sp³-hybridized carbons (Fsp3) is 0.444. The van der Waals surface area contributed by atoms with Crippen molar-refractivity contribution in [1.82, 2.24) is 9.88 Å². The second kappa shape index (κ2) is 6.19. The molecule has 6 nitrogen and oxygen atoms in total. The van der Waals surface area contributed by atoms with E-state index >= 15 is 0 Å². The molecule has 7 heteroatoms. The summed E-state index contributed by atoms with van der Waals surface area (Å²) in [6, 6.07) is 0. The predicted molar refractivity (Wildman–Crippen MR) is 60.5 cm³/mol. The molecule has 0 radical (unpaired) electrons. The number of nitrogens with zero attached hydrogens (tertiary/aromatic N) is 2. The topological polar surface area (TPSA) is 82.5 Å². The zero-order chi connectivity index (χ0) is 12.0. The van der Waals surface area contributed by atoms with Crippen LogP contribution in [-0.4, -0.2) is 47.0 Å². The maximum Gasteiger partial charge on any atom is 0.304 e. The summed E-state index contributed by atoms with van der Waals surface area (Å²) in [5, 5.41) is 13.4. The van der Waals surface area contributed by atoms with Crippen LogP contribution >= 0.6 is 11.3 Å². The summed E-state index contributed by atoms with van der Waals surface area (Å²) in [6.07, 6.45) is 1.63. The smallest absolute Gasteiger partial charge is 0.304 e. The Morgan fingerprint density at radius 1 is 1.62 bits per heavy atom. The number of likely N-dealkylation sites (N-methyl/N-ethyl adjacent to an activating group) is 1. The summed E-state index contributed by atoms with van der Waals surface area (Å²) in [6.45, 7) is 0.507. The highest BCUT2D eigenvalue weighted by atomic mass is 32.1. The van der Waals surface area contributed by atoms with Crippen molar-refractivity contribution in [2.75, 3.05) is 25.5 Å². The lowest BCUT2D eigenvalue weighted by Crippen LogP contribution is -2.31. The molecule has 1 rings (SSSR count). The molecule has 0 aromatic carbocycles. The summed E-state index contributed by atoms with van der Waals surface area (Å²) in [4.78, 5) is 27.3. The summed E-state index contributed by atoms with van der Waals surface area (Å²) in [7, 11) is 1.70. The van der Waals surface area contributed by atoms with Crippen LogP contribution in [0.4, 0.5) is 5.13 Å². The van der Waals surface area contributed by atoms with E-state index in [0.717, 1.165) is 0 Å². The number of nitrogens with one attached hydrogen (secondary N) is 1. The average molecular weight is 243 g/mol. The van der Waals surface area contributed by atoms with E-state index in [1.807, 2.05) is 0 Å². The molecule has 0 aliphatic heterocycles. The third kappa shape index (κ3) is 4.85. The van der Waals surface area contributed by atoms with Crippen molar-refractivity contribution in [2.24, 2.45) is 0 Å². The van der Waals surface area contributed by atoms with Crippen LogP contribution in [0.5, 0.6) is 0 Å². The van der Waals surface area contributed by atoms with Gasteiger partial charge in [-0.05, 0) is 7.05 Å². The molecule has 0 spiro atoms. The van der Waals surface area contributed by atoms with Crippen LogP contribution in [0.2, 0.25) is 0 Å². The highest BCUT2D eigenvalue weighted by Gasteiger charge is 2.09. The Kier molecular flexibility index (Phi) is 4.87. The number of carbonyl (C=O) groups is 2. The minimum atomic E-state index is -0.868. The van der Waals surface area contributed by atoms with Gasteiger partial charge in [0.15, 0.2) is 5.13 Å². The number of thiazole rings is 1. The van der Waals surface area contributed by atoms with E-state index < -0.39 is 5.97 Å². The molecule has 0 saturated heterocycles. The average Bonchev–Trinajstić information content (AvgIpc) is 2.67. The van der Waals surface area contributed by atoms with E-state index in [-0.39, 0.29) is 18.9 Å². The van der Waals surface area contributed by atoms with Crippen molar-refractivity contribution in [3.05, 3.63) is 11.6 Å². The number of carbonyl (C=O) groups excluding carboxylic acids is 1. The van der Waals surface area contributed by atoms with Gasteiger partial charge in [0.05, 0.1) is 13.0 Å². The first kappa shape index (κ1) is 12.6. The largest absolute Gasteiger partial charge is 0.481 e. The Morgan fingerprint density at radius 2 is 2.38 bits per heavy atom. The maximum absolute atomic E-state index is 11.4. The third-order valence-electron chi connectivity index (χ3n) is 1.80. The molecule has 0 atom stereocenters. The highest BCUT2D eigenvalue weighted by molar-refractivity contribution is 7.13. The lowest BCUT2D eigenvalue weighted by Gasteiger charge is -2.13. The molecular weight excluding hydrogens is 230 g/mol.